The van der Waals surface area contributed by atoms with E-state index in [1.54, 1.807) is 30.3 Å². The van der Waals surface area contributed by atoms with Gasteiger partial charge >= 0.3 is 16.1 Å². The molecular formula is C21H25NO5S. The molecule has 1 N–H and O–H groups in total. The highest BCUT2D eigenvalue weighted by molar-refractivity contribution is 7.86. The van der Waals surface area contributed by atoms with Crippen molar-refractivity contribution in [1.82, 2.24) is 0 Å². The average Bonchev–Trinajstić information content (AvgIpc) is 2.66. The van der Waals surface area contributed by atoms with Crippen LogP contribution in [0.2, 0.25) is 0 Å². The van der Waals surface area contributed by atoms with Crippen molar-refractivity contribution < 1.29 is 22.6 Å². The maximum atomic E-state index is 12.3. The van der Waals surface area contributed by atoms with Crippen LogP contribution in [0.5, 0.6) is 0 Å². The van der Waals surface area contributed by atoms with E-state index in [9.17, 15) is 18.3 Å². The minimum Gasteiger partial charge on any atom is -0.476 e. The van der Waals surface area contributed by atoms with E-state index < -0.39 is 21.8 Å². The molecule has 1 atom stereocenters. The number of carboxylic acid groups (broad SMARTS) is 1. The molecule has 6 nitrogen and oxygen atoms in total. The van der Waals surface area contributed by atoms with E-state index in [0.29, 0.717) is 5.56 Å². The molecule has 1 unspecified atom stereocenters. The summed E-state index contributed by atoms with van der Waals surface area (Å²) in [5.74, 6) is -1.11. The Hall–Kier alpha value is -2.67. The van der Waals surface area contributed by atoms with E-state index in [1.807, 2.05) is 13.0 Å². The number of unbranched alkanes of at least 4 members (excludes halogenated alkanes) is 1. The number of hydrogen-bond donors (Lipinski definition) is 1. The second kappa shape index (κ2) is 9.50. The lowest BCUT2D eigenvalue weighted by Gasteiger charge is -2.12. The minimum atomic E-state index is -4.20. The van der Waals surface area contributed by atoms with Gasteiger partial charge in [0.05, 0.1) is 0 Å². The van der Waals surface area contributed by atoms with E-state index in [2.05, 4.69) is 23.3 Å². The standard InChI is InChI=1S/C21H25NO5S/c1-4-5-7-16(3)17-8-6-9-18(14-17)20(21(23)24)22-27-28(25,26)19-12-10-15(2)11-13-19/h6,8-14,16H,4-5,7H2,1-3H3,(H,23,24). The summed E-state index contributed by atoms with van der Waals surface area (Å²) in [7, 11) is -4.20. The summed E-state index contributed by atoms with van der Waals surface area (Å²) in [6.07, 6.45) is 3.14. The first-order valence-electron chi connectivity index (χ1n) is 9.16. The molecule has 0 fully saturated rings. The zero-order chi connectivity index (χ0) is 20.7. The Balaban J connectivity index is 2.30. The number of oxime groups is 1. The van der Waals surface area contributed by atoms with E-state index in [1.165, 1.54) is 12.1 Å². The summed E-state index contributed by atoms with van der Waals surface area (Å²) in [6, 6.07) is 13.0. The van der Waals surface area contributed by atoms with Crippen molar-refractivity contribution >= 4 is 21.8 Å². The van der Waals surface area contributed by atoms with Gasteiger partial charge in [0.15, 0.2) is 5.71 Å². The molecule has 0 amide bonds. The number of rotatable bonds is 9. The van der Waals surface area contributed by atoms with Gasteiger partial charge in [-0.25, -0.2) is 4.79 Å². The lowest BCUT2D eigenvalue weighted by molar-refractivity contribution is -0.129. The Kier molecular flexibility index (Phi) is 7.34. The first-order valence-corrected chi connectivity index (χ1v) is 10.6. The number of hydrogen-bond acceptors (Lipinski definition) is 5. The van der Waals surface area contributed by atoms with E-state index >= 15 is 0 Å². The van der Waals surface area contributed by atoms with E-state index in [4.69, 9.17) is 0 Å². The van der Waals surface area contributed by atoms with Crippen LogP contribution in [0.1, 0.15) is 55.7 Å². The molecule has 0 saturated heterocycles. The van der Waals surface area contributed by atoms with Gasteiger partial charge in [-0.15, -0.1) is 0 Å². The van der Waals surface area contributed by atoms with E-state index in [0.717, 1.165) is 30.4 Å². The Bertz CT molecular complexity index is 949. The molecule has 7 heteroatoms. The Morgan fingerprint density at radius 1 is 1.18 bits per heavy atom. The Morgan fingerprint density at radius 3 is 2.46 bits per heavy atom. The average molecular weight is 404 g/mol. The molecule has 28 heavy (non-hydrogen) atoms. The van der Waals surface area contributed by atoms with E-state index in [-0.39, 0.29) is 10.8 Å². The maximum absolute atomic E-state index is 12.3. The fourth-order valence-electron chi connectivity index (χ4n) is 2.72. The number of aliphatic carboxylic acids is 1. The first kappa shape index (κ1) is 21.6. The van der Waals surface area contributed by atoms with Crippen molar-refractivity contribution in [3.8, 4) is 0 Å². The fourth-order valence-corrected chi connectivity index (χ4v) is 3.45. The molecule has 0 saturated carbocycles. The zero-order valence-corrected chi connectivity index (χ0v) is 17.1. The molecule has 2 rings (SSSR count). The minimum absolute atomic E-state index is 0.0893. The highest BCUT2D eigenvalue weighted by Gasteiger charge is 2.20. The SMILES string of the molecule is CCCCC(C)c1cccc(C(=NOS(=O)(=O)c2ccc(C)cc2)C(=O)O)c1. The van der Waals surface area contributed by atoms with Crippen molar-refractivity contribution in [2.24, 2.45) is 5.16 Å². The van der Waals surface area contributed by atoms with Crippen molar-refractivity contribution in [2.45, 2.75) is 50.8 Å². The third-order valence-electron chi connectivity index (χ3n) is 4.46. The number of benzene rings is 2. The Morgan fingerprint density at radius 2 is 1.86 bits per heavy atom. The fraction of sp³-hybridized carbons (Fsp3) is 0.333. The zero-order valence-electron chi connectivity index (χ0n) is 16.3. The van der Waals surface area contributed by atoms with Crippen molar-refractivity contribution in [3.63, 3.8) is 0 Å². The predicted molar refractivity (Wildman–Crippen MR) is 108 cm³/mol. The smallest absolute Gasteiger partial charge is 0.358 e. The maximum Gasteiger partial charge on any atom is 0.358 e. The molecule has 0 radical (unpaired) electrons. The summed E-state index contributed by atoms with van der Waals surface area (Å²) >= 11 is 0. The van der Waals surface area contributed by atoms with Gasteiger partial charge < -0.3 is 5.11 Å². The van der Waals surface area contributed by atoms with Crippen LogP contribution in [-0.4, -0.2) is 25.2 Å². The highest BCUT2D eigenvalue weighted by Crippen LogP contribution is 2.23. The van der Waals surface area contributed by atoms with Crippen LogP contribution in [0.4, 0.5) is 0 Å². The lowest BCUT2D eigenvalue weighted by Crippen LogP contribution is -2.17. The summed E-state index contributed by atoms with van der Waals surface area (Å²) in [5.41, 5.74) is 1.71. The van der Waals surface area contributed by atoms with Gasteiger partial charge in [0.25, 0.3) is 0 Å². The summed E-state index contributed by atoms with van der Waals surface area (Å²) in [6.45, 7) is 6.02. The second-order valence-electron chi connectivity index (χ2n) is 6.76. The third kappa shape index (κ3) is 5.66. The van der Waals surface area contributed by atoms with Gasteiger partial charge in [0.2, 0.25) is 0 Å². The van der Waals surface area contributed by atoms with Gasteiger partial charge in [-0.3, -0.25) is 4.28 Å². The quantitative estimate of drug-likeness (QED) is 0.492. The largest absolute Gasteiger partial charge is 0.476 e. The first-order chi connectivity index (χ1) is 13.2. The second-order valence-corrected chi connectivity index (χ2v) is 8.28. The molecule has 0 bridgehead atoms. The van der Waals surface area contributed by atoms with Crippen LogP contribution in [0.25, 0.3) is 0 Å². The van der Waals surface area contributed by atoms with Gasteiger partial charge in [-0.05, 0) is 43.0 Å². The van der Waals surface area contributed by atoms with Crippen LogP contribution in [0.3, 0.4) is 0 Å². The molecule has 0 aliphatic heterocycles. The normalized spacial score (nSPS) is 13.2. The van der Waals surface area contributed by atoms with Gasteiger partial charge in [0, 0.05) is 5.56 Å². The highest BCUT2D eigenvalue weighted by atomic mass is 32.2. The molecule has 0 aromatic heterocycles. The van der Waals surface area contributed by atoms with Crippen molar-refractivity contribution in [2.75, 3.05) is 0 Å². The number of aryl methyl sites for hydroxylation is 1. The Labute approximate surface area is 166 Å². The van der Waals surface area contributed by atoms with Crippen LogP contribution in [-0.2, 0) is 19.2 Å². The topological polar surface area (TPSA) is 93.0 Å². The van der Waals surface area contributed by atoms with Gasteiger partial charge in [-0.2, -0.15) is 8.42 Å². The molecule has 2 aromatic carbocycles. The molecule has 150 valence electrons. The predicted octanol–water partition coefficient (Wildman–Crippen LogP) is 4.48. The molecule has 0 aliphatic rings. The summed E-state index contributed by atoms with van der Waals surface area (Å²) in [4.78, 5) is 11.6. The molecule has 0 aliphatic carbocycles. The third-order valence-corrected chi connectivity index (χ3v) is 5.58. The van der Waals surface area contributed by atoms with Gasteiger partial charge in [-0.1, -0.05) is 67.7 Å². The molecule has 0 spiro atoms. The monoisotopic (exact) mass is 403 g/mol. The molecule has 2 aromatic rings. The molecular weight excluding hydrogens is 378 g/mol. The van der Waals surface area contributed by atoms with Gasteiger partial charge in [0.1, 0.15) is 4.90 Å². The number of nitrogens with zero attached hydrogens (tertiary/aromatic N) is 1. The number of carbonyl (C=O) groups is 1. The van der Waals surface area contributed by atoms with Crippen molar-refractivity contribution in [3.05, 3.63) is 65.2 Å². The van der Waals surface area contributed by atoms with Crippen LogP contribution >= 0.6 is 0 Å². The lowest BCUT2D eigenvalue weighted by atomic mass is 9.93. The number of carboxylic acids is 1. The molecule has 0 heterocycles. The summed E-state index contributed by atoms with van der Waals surface area (Å²) in [5, 5.41) is 13.0. The van der Waals surface area contributed by atoms with Crippen LogP contribution < -0.4 is 0 Å². The van der Waals surface area contributed by atoms with Crippen LogP contribution in [0.15, 0.2) is 58.6 Å². The van der Waals surface area contributed by atoms with Crippen LogP contribution in [0, 0.1) is 6.92 Å². The summed E-state index contributed by atoms with van der Waals surface area (Å²) < 4.78 is 29.2. The van der Waals surface area contributed by atoms with Crippen molar-refractivity contribution in [1.29, 1.82) is 0 Å².